The van der Waals surface area contributed by atoms with E-state index < -0.39 is 10.0 Å². The molecule has 1 aromatic heterocycles. The van der Waals surface area contributed by atoms with Gasteiger partial charge in [-0.3, -0.25) is 9.48 Å². The van der Waals surface area contributed by atoms with Crippen LogP contribution < -0.4 is 4.72 Å². The van der Waals surface area contributed by atoms with Crippen molar-refractivity contribution in [3.8, 4) is 0 Å². The van der Waals surface area contributed by atoms with Gasteiger partial charge < -0.3 is 4.90 Å². The molecule has 2 aromatic rings. The van der Waals surface area contributed by atoms with Gasteiger partial charge in [-0.1, -0.05) is 6.07 Å². The minimum absolute atomic E-state index is 0.0806. The molecule has 0 radical (unpaired) electrons. The van der Waals surface area contributed by atoms with Gasteiger partial charge in [0.2, 0.25) is 10.0 Å². The van der Waals surface area contributed by atoms with Crippen molar-refractivity contribution >= 4 is 27.7 Å². The lowest BCUT2D eigenvalue weighted by atomic mass is 10.2. The molecule has 9 heteroatoms. The number of amides is 1. The number of hydrogen-bond donors (Lipinski definition) is 1. The average Bonchev–Trinajstić information content (AvgIpc) is 3.12. The van der Waals surface area contributed by atoms with Gasteiger partial charge in [-0.05, 0) is 30.5 Å². The van der Waals surface area contributed by atoms with Crippen LogP contribution in [0.2, 0.25) is 0 Å². The second-order valence-corrected chi connectivity index (χ2v) is 8.17. The number of nitrogens with zero attached hydrogens (tertiary/aromatic N) is 3. The number of aromatic nitrogens is 2. The van der Waals surface area contributed by atoms with Crippen molar-refractivity contribution in [2.75, 3.05) is 32.1 Å². The van der Waals surface area contributed by atoms with Crippen LogP contribution in [0.5, 0.6) is 0 Å². The lowest BCUT2D eigenvalue weighted by molar-refractivity contribution is 0.0803. The minimum Gasteiger partial charge on any atom is -0.341 e. The molecule has 1 heterocycles. The second-order valence-electron chi connectivity index (χ2n) is 5.41. The molecular formula is C16H22N4O3S2. The normalized spacial score (nSPS) is 11.4. The smallest absolute Gasteiger partial charge is 0.253 e. The first-order valence-corrected chi connectivity index (χ1v) is 10.6. The van der Waals surface area contributed by atoms with Crippen molar-refractivity contribution in [3.05, 3.63) is 48.3 Å². The molecule has 1 N–H and O–H groups in total. The molecule has 0 saturated heterocycles. The highest BCUT2D eigenvalue weighted by atomic mass is 32.2. The van der Waals surface area contributed by atoms with Crippen molar-refractivity contribution in [3.63, 3.8) is 0 Å². The molecule has 2 rings (SSSR count). The average molecular weight is 383 g/mol. The number of hydrogen-bond acceptors (Lipinski definition) is 5. The summed E-state index contributed by atoms with van der Waals surface area (Å²) < 4.78 is 29.0. The zero-order chi connectivity index (χ0) is 18.3. The Morgan fingerprint density at radius 3 is 2.84 bits per heavy atom. The number of sulfonamides is 1. The Morgan fingerprint density at radius 1 is 1.36 bits per heavy atom. The number of benzene rings is 1. The molecular weight excluding hydrogens is 360 g/mol. The lowest BCUT2D eigenvalue weighted by Crippen LogP contribution is -2.30. The van der Waals surface area contributed by atoms with Crippen molar-refractivity contribution in [2.45, 2.75) is 11.4 Å². The molecule has 25 heavy (non-hydrogen) atoms. The second kappa shape index (κ2) is 9.02. The van der Waals surface area contributed by atoms with E-state index in [9.17, 15) is 13.2 Å². The predicted octanol–water partition coefficient (Wildman–Crippen LogP) is 1.30. The molecule has 136 valence electrons. The van der Waals surface area contributed by atoms with E-state index in [1.807, 2.05) is 6.26 Å². The highest BCUT2D eigenvalue weighted by molar-refractivity contribution is 7.98. The Bertz CT molecular complexity index is 791. The summed E-state index contributed by atoms with van der Waals surface area (Å²) in [6, 6.07) is 7.87. The summed E-state index contributed by atoms with van der Waals surface area (Å²) in [7, 11) is -1.97. The van der Waals surface area contributed by atoms with E-state index in [-0.39, 0.29) is 17.3 Å². The Kier molecular flexibility index (Phi) is 7.03. The van der Waals surface area contributed by atoms with Crippen LogP contribution in [-0.2, 0) is 16.6 Å². The SMILES string of the molecule is CSCCN(C)C(=O)c1cccc(S(=O)(=O)NCCn2cccn2)c1. The lowest BCUT2D eigenvalue weighted by Gasteiger charge is -2.17. The van der Waals surface area contributed by atoms with E-state index in [1.54, 1.807) is 59.0 Å². The van der Waals surface area contributed by atoms with E-state index in [2.05, 4.69) is 9.82 Å². The Balaban J connectivity index is 2.04. The van der Waals surface area contributed by atoms with Crippen molar-refractivity contribution in [1.29, 1.82) is 0 Å². The fraction of sp³-hybridized carbons (Fsp3) is 0.375. The fourth-order valence-electron chi connectivity index (χ4n) is 2.16. The van der Waals surface area contributed by atoms with Crippen LogP contribution in [0.4, 0.5) is 0 Å². The highest BCUT2D eigenvalue weighted by Gasteiger charge is 2.17. The van der Waals surface area contributed by atoms with E-state index in [4.69, 9.17) is 0 Å². The van der Waals surface area contributed by atoms with Gasteiger partial charge >= 0.3 is 0 Å². The van der Waals surface area contributed by atoms with Crippen LogP contribution in [0, 0.1) is 0 Å². The monoisotopic (exact) mass is 382 g/mol. The minimum atomic E-state index is -3.68. The molecule has 1 aromatic carbocycles. The van der Waals surface area contributed by atoms with E-state index in [0.717, 1.165) is 5.75 Å². The van der Waals surface area contributed by atoms with Crippen LogP contribution >= 0.6 is 11.8 Å². The molecule has 0 saturated carbocycles. The standard InChI is InChI=1S/C16H22N4O3S2/c1-19(11-12-24-2)16(21)14-5-3-6-15(13-14)25(22,23)18-8-10-20-9-4-7-17-20/h3-7,9,13,18H,8,10-12H2,1-2H3. The summed E-state index contributed by atoms with van der Waals surface area (Å²) in [4.78, 5) is 14.1. The van der Waals surface area contributed by atoms with Crippen LogP contribution in [0.3, 0.4) is 0 Å². The highest BCUT2D eigenvalue weighted by Crippen LogP contribution is 2.13. The van der Waals surface area contributed by atoms with Crippen LogP contribution in [0.1, 0.15) is 10.4 Å². The number of rotatable bonds is 9. The zero-order valence-corrected chi connectivity index (χ0v) is 15.9. The maximum absolute atomic E-state index is 12.4. The van der Waals surface area contributed by atoms with Crippen molar-refractivity contribution < 1.29 is 13.2 Å². The van der Waals surface area contributed by atoms with Crippen LogP contribution in [0.25, 0.3) is 0 Å². The summed E-state index contributed by atoms with van der Waals surface area (Å²) in [5.74, 6) is 0.637. The molecule has 0 aliphatic carbocycles. The van der Waals surface area contributed by atoms with Gasteiger partial charge in [-0.2, -0.15) is 16.9 Å². The predicted molar refractivity (Wildman–Crippen MR) is 99.2 cm³/mol. The largest absolute Gasteiger partial charge is 0.341 e. The quantitative estimate of drug-likeness (QED) is 0.707. The molecule has 0 aliphatic rings. The third-order valence-corrected chi connectivity index (χ3v) is 5.61. The molecule has 0 spiro atoms. The third-order valence-electron chi connectivity index (χ3n) is 3.56. The first-order valence-electron chi connectivity index (χ1n) is 7.75. The van der Waals surface area contributed by atoms with Gasteiger partial charge in [0, 0.05) is 43.8 Å². The van der Waals surface area contributed by atoms with Gasteiger partial charge in [0.1, 0.15) is 0 Å². The Labute approximate surface area is 152 Å². The van der Waals surface area contributed by atoms with E-state index >= 15 is 0 Å². The number of thioether (sulfide) groups is 1. The Morgan fingerprint density at radius 2 is 2.16 bits per heavy atom. The van der Waals surface area contributed by atoms with Gasteiger partial charge in [-0.15, -0.1) is 0 Å². The Hall–Kier alpha value is -1.84. The van der Waals surface area contributed by atoms with E-state index in [1.165, 1.54) is 12.1 Å². The van der Waals surface area contributed by atoms with Gasteiger partial charge in [0.05, 0.1) is 11.4 Å². The number of carbonyl (C=O) groups excluding carboxylic acids is 1. The fourth-order valence-corrected chi connectivity index (χ4v) is 3.68. The maximum Gasteiger partial charge on any atom is 0.253 e. The maximum atomic E-state index is 12.4. The molecule has 0 aliphatic heterocycles. The number of carbonyl (C=O) groups is 1. The summed E-state index contributed by atoms with van der Waals surface area (Å²) in [5.41, 5.74) is 0.360. The third kappa shape index (κ3) is 5.58. The van der Waals surface area contributed by atoms with Gasteiger partial charge in [0.25, 0.3) is 5.91 Å². The molecule has 1 amide bonds. The zero-order valence-electron chi connectivity index (χ0n) is 14.3. The summed E-state index contributed by atoms with van der Waals surface area (Å²) in [5, 5.41) is 4.02. The first-order chi connectivity index (χ1) is 11.9. The topological polar surface area (TPSA) is 84.3 Å². The molecule has 0 fully saturated rings. The number of nitrogens with one attached hydrogen (secondary N) is 1. The van der Waals surface area contributed by atoms with Crippen molar-refractivity contribution in [2.24, 2.45) is 0 Å². The molecule has 0 unspecified atom stereocenters. The van der Waals surface area contributed by atoms with E-state index in [0.29, 0.717) is 18.7 Å². The van der Waals surface area contributed by atoms with Crippen LogP contribution in [0.15, 0.2) is 47.6 Å². The summed E-state index contributed by atoms with van der Waals surface area (Å²) in [6.07, 6.45) is 5.37. The molecule has 0 atom stereocenters. The molecule has 0 bridgehead atoms. The van der Waals surface area contributed by atoms with Crippen molar-refractivity contribution in [1.82, 2.24) is 19.4 Å². The summed E-state index contributed by atoms with van der Waals surface area (Å²) >= 11 is 1.65. The van der Waals surface area contributed by atoms with Crippen LogP contribution in [-0.4, -0.2) is 61.2 Å². The molecule has 7 nitrogen and oxygen atoms in total. The van der Waals surface area contributed by atoms with Gasteiger partial charge in [0.15, 0.2) is 0 Å². The first kappa shape index (κ1) is 19.5. The van der Waals surface area contributed by atoms with Gasteiger partial charge in [-0.25, -0.2) is 13.1 Å². The summed E-state index contributed by atoms with van der Waals surface area (Å²) in [6.45, 7) is 1.26.